The Morgan fingerprint density at radius 2 is 1.65 bits per heavy atom. The van der Waals surface area contributed by atoms with Crippen LogP contribution in [0.15, 0.2) is 24.3 Å². The Balaban J connectivity index is 2.05. The van der Waals surface area contributed by atoms with Gasteiger partial charge in [0.2, 0.25) is 10.0 Å². The molecule has 4 nitrogen and oxygen atoms in total. The average Bonchev–Trinajstić information content (AvgIpc) is 2.48. The molecule has 1 aliphatic rings. The summed E-state index contributed by atoms with van der Waals surface area (Å²) in [4.78, 5) is 0. The first kappa shape index (κ1) is 15.5. The summed E-state index contributed by atoms with van der Waals surface area (Å²) in [6.45, 7) is -0.0188. The van der Waals surface area contributed by atoms with Crippen LogP contribution in [0.5, 0.6) is 0 Å². The molecule has 0 radical (unpaired) electrons. The Kier molecular flexibility index (Phi) is 5.18. The first-order valence-electron chi connectivity index (χ1n) is 7.17. The fourth-order valence-corrected chi connectivity index (χ4v) is 4.21. The highest BCUT2D eigenvalue weighted by molar-refractivity contribution is 7.88. The van der Waals surface area contributed by atoms with E-state index >= 15 is 0 Å². The van der Waals surface area contributed by atoms with E-state index in [4.69, 9.17) is 5.11 Å². The minimum Gasteiger partial charge on any atom is -0.392 e. The van der Waals surface area contributed by atoms with Crippen molar-refractivity contribution in [2.45, 2.75) is 50.5 Å². The molecule has 1 aromatic rings. The second-order valence-electron chi connectivity index (χ2n) is 5.54. The van der Waals surface area contributed by atoms with Crippen molar-refractivity contribution < 1.29 is 13.5 Å². The molecule has 1 N–H and O–H groups in total. The Labute approximate surface area is 121 Å². The Morgan fingerprint density at radius 1 is 1.10 bits per heavy atom. The van der Waals surface area contributed by atoms with Crippen LogP contribution in [0.1, 0.15) is 43.2 Å². The normalized spacial score (nSPS) is 17.6. The van der Waals surface area contributed by atoms with Crippen LogP contribution in [0.4, 0.5) is 0 Å². The SMILES string of the molecule is CN(C1CCCCC1)S(=O)(=O)Cc1ccc(CO)cc1. The average molecular weight is 297 g/mol. The lowest BCUT2D eigenvalue weighted by molar-refractivity contribution is 0.282. The molecule has 0 bridgehead atoms. The zero-order valence-electron chi connectivity index (χ0n) is 12.0. The van der Waals surface area contributed by atoms with Gasteiger partial charge < -0.3 is 5.11 Å². The molecule has 0 saturated heterocycles. The number of aliphatic hydroxyl groups is 1. The molecule has 1 fully saturated rings. The largest absolute Gasteiger partial charge is 0.392 e. The van der Waals surface area contributed by atoms with Crippen LogP contribution in [-0.2, 0) is 22.4 Å². The summed E-state index contributed by atoms with van der Waals surface area (Å²) in [5.41, 5.74) is 1.57. The van der Waals surface area contributed by atoms with Crippen LogP contribution in [0.2, 0.25) is 0 Å². The van der Waals surface area contributed by atoms with Crippen LogP contribution in [0.25, 0.3) is 0 Å². The standard InChI is InChI=1S/C15H23NO3S/c1-16(15-5-3-2-4-6-15)20(18,19)12-14-9-7-13(11-17)8-10-14/h7-10,15,17H,2-6,11-12H2,1H3. The molecule has 5 heteroatoms. The summed E-state index contributed by atoms with van der Waals surface area (Å²) in [7, 11) is -1.56. The predicted molar refractivity (Wildman–Crippen MR) is 79.6 cm³/mol. The Bertz CT molecular complexity index is 519. The number of aliphatic hydroxyl groups excluding tert-OH is 1. The maximum atomic E-state index is 12.4. The summed E-state index contributed by atoms with van der Waals surface area (Å²) in [6, 6.07) is 7.25. The Morgan fingerprint density at radius 3 is 2.20 bits per heavy atom. The molecule has 0 aromatic heterocycles. The minimum absolute atomic E-state index is 0.0188. The summed E-state index contributed by atoms with van der Waals surface area (Å²) < 4.78 is 26.4. The number of sulfonamides is 1. The first-order chi connectivity index (χ1) is 9.53. The first-order valence-corrected chi connectivity index (χ1v) is 8.78. The number of hydrogen-bond donors (Lipinski definition) is 1. The quantitative estimate of drug-likeness (QED) is 0.907. The van der Waals surface area contributed by atoms with E-state index in [1.54, 1.807) is 35.6 Å². The van der Waals surface area contributed by atoms with E-state index in [0.717, 1.165) is 36.8 Å². The van der Waals surface area contributed by atoms with Crippen molar-refractivity contribution in [3.63, 3.8) is 0 Å². The maximum Gasteiger partial charge on any atom is 0.218 e. The minimum atomic E-state index is -3.26. The fraction of sp³-hybridized carbons (Fsp3) is 0.600. The van der Waals surface area contributed by atoms with Gasteiger partial charge in [0, 0.05) is 13.1 Å². The third kappa shape index (κ3) is 3.81. The van der Waals surface area contributed by atoms with Crippen molar-refractivity contribution in [2.75, 3.05) is 7.05 Å². The molecule has 1 aromatic carbocycles. The molecule has 0 amide bonds. The molecule has 0 unspecified atom stereocenters. The zero-order valence-corrected chi connectivity index (χ0v) is 12.8. The molecule has 1 saturated carbocycles. The number of nitrogens with zero attached hydrogens (tertiary/aromatic N) is 1. The summed E-state index contributed by atoms with van der Waals surface area (Å²) in [6.07, 6.45) is 5.40. The van der Waals surface area contributed by atoms with Gasteiger partial charge in [0.15, 0.2) is 0 Å². The van der Waals surface area contributed by atoms with Gasteiger partial charge in [-0.3, -0.25) is 0 Å². The lowest BCUT2D eigenvalue weighted by Gasteiger charge is -2.30. The van der Waals surface area contributed by atoms with E-state index in [0.29, 0.717) is 0 Å². The molecule has 112 valence electrons. The summed E-state index contributed by atoms with van der Waals surface area (Å²) >= 11 is 0. The van der Waals surface area contributed by atoms with Gasteiger partial charge in [-0.05, 0) is 24.0 Å². The van der Waals surface area contributed by atoms with Crippen LogP contribution < -0.4 is 0 Å². The van der Waals surface area contributed by atoms with Gasteiger partial charge in [0.25, 0.3) is 0 Å². The van der Waals surface area contributed by atoms with Crippen molar-refractivity contribution in [1.29, 1.82) is 0 Å². The van der Waals surface area contributed by atoms with E-state index < -0.39 is 10.0 Å². The third-order valence-corrected chi connectivity index (χ3v) is 5.96. The van der Waals surface area contributed by atoms with Gasteiger partial charge in [-0.25, -0.2) is 12.7 Å². The van der Waals surface area contributed by atoms with Crippen molar-refractivity contribution >= 4 is 10.0 Å². The third-order valence-electron chi connectivity index (χ3n) is 4.08. The molecule has 1 aliphatic carbocycles. The second-order valence-corrected chi connectivity index (χ2v) is 7.57. The summed E-state index contributed by atoms with van der Waals surface area (Å²) in [5, 5.41) is 8.99. The smallest absolute Gasteiger partial charge is 0.218 e. The van der Waals surface area contributed by atoms with Crippen molar-refractivity contribution in [2.24, 2.45) is 0 Å². The van der Waals surface area contributed by atoms with Crippen molar-refractivity contribution in [3.05, 3.63) is 35.4 Å². The van der Waals surface area contributed by atoms with E-state index in [2.05, 4.69) is 0 Å². The second kappa shape index (κ2) is 6.70. The molecule has 0 atom stereocenters. The zero-order chi connectivity index (χ0) is 14.6. The van der Waals surface area contributed by atoms with Gasteiger partial charge >= 0.3 is 0 Å². The fourth-order valence-electron chi connectivity index (χ4n) is 2.73. The van der Waals surface area contributed by atoms with Crippen LogP contribution in [0, 0.1) is 0 Å². The van der Waals surface area contributed by atoms with Gasteiger partial charge in [0.1, 0.15) is 0 Å². The Hall–Kier alpha value is -0.910. The van der Waals surface area contributed by atoms with Crippen LogP contribution >= 0.6 is 0 Å². The highest BCUT2D eigenvalue weighted by atomic mass is 32.2. The molecular formula is C15H23NO3S. The maximum absolute atomic E-state index is 12.4. The lowest BCUT2D eigenvalue weighted by Crippen LogP contribution is -2.38. The van der Waals surface area contributed by atoms with Crippen LogP contribution in [0.3, 0.4) is 0 Å². The molecule has 2 rings (SSSR count). The van der Waals surface area contributed by atoms with E-state index in [1.807, 2.05) is 0 Å². The topological polar surface area (TPSA) is 57.6 Å². The van der Waals surface area contributed by atoms with Gasteiger partial charge in [-0.15, -0.1) is 0 Å². The van der Waals surface area contributed by atoms with Crippen LogP contribution in [-0.4, -0.2) is 30.9 Å². The number of hydrogen-bond acceptors (Lipinski definition) is 3. The highest BCUT2D eigenvalue weighted by Gasteiger charge is 2.27. The molecule has 0 heterocycles. The van der Waals surface area contributed by atoms with Crippen molar-refractivity contribution in [1.82, 2.24) is 4.31 Å². The van der Waals surface area contributed by atoms with E-state index in [-0.39, 0.29) is 18.4 Å². The summed E-state index contributed by atoms with van der Waals surface area (Å²) in [5.74, 6) is 0.0334. The highest BCUT2D eigenvalue weighted by Crippen LogP contribution is 2.24. The monoisotopic (exact) mass is 297 g/mol. The molecule has 0 aliphatic heterocycles. The van der Waals surface area contributed by atoms with E-state index in [9.17, 15) is 8.42 Å². The number of rotatable bonds is 5. The van der Waals surface area contributed by atoms with Gasteiger partial charge in [0.05, 0.1) is 12.4 Å². The number of benzene rings is 1. The molecule has 20 heavy (non-hydrogen) atoms. The van der Waals surface area contributed by atoms with Crippen molar-refractivity contribution in [3.8, 4) is 0 Å². The molecular weight excluding hydrogens is 274 g/mol. The van der Waals surface area contributed by atoms with Gasteiger partial charge in [-0.1, -0.05) is 43.5 Å². The van der Waals surface area contributed by atoms with Gasteiger partial charge in [-0.2, -0.15) is 0 Å². The molecule has 0 spiro atoms. The lowest BCUT2D eigenvalue weighted by atomic mass is 9.96. The predicted octanol–water partition coefficient (Wildman–Crippen LogP) is 2.27. The van der Waals surface area contributed by atoms with E-state index in [1.165, 1.54) is 6.42 Å².